The summed E-state index contributed by atoms with van der Waals surface area (Å²) in [6.07, 6.45) is 9.97. The molecule has 0 saturated carbocycles. The van der Waals surface area contributed by atoms with Crippen molar-refractivity contribution in [3.63, 3.8) is 0 Å². The third-order valence-electron chi connectivity index (χ3n) is 7.54. The largest absolute Gasteiger partial charge is 0.379 e. The fraction of sp³-hybridized carbons (Fsp3) is 0.455. The first-order valence-corrected chi connectivity index (χ1v) is 14.3. The third kappa shape index (κ3) is 7.66. The minimum absolute atomic E-state index is 0.0500. The van der Waals surface area contributed by atoms with Gasteiger partial charge in [-0.15, -0.1) is 0 Å². The van der Waals surface area contributed by atoms with Gasteiger partial charge < -0.3 is 15.5 Å². The van der Waals surface area contributed by atoms with Gasteiger partial charge in [-0.25, -0.2) is 0 Å². The number of carbonyl (C=O) groups excluding carboxylic acids is 1. The van der Waals surface area contributed by atoms with Crippen molar-refractivity contribution in [2.45, 2.75) is 79.3 Å². The molecule has 1 radical (unpaired) electrons. The minimum Gasteiger partial charge on any atom is -0.379 e. The molecule has 2 aromatic rings. The highest BCUT2D eigenvalue weighted by molar-refractivity contribution is 5.94. The van der Waals surface area contributed by atoms with E-state index in [1.54, 1.807) is 0 Å². The number of hydrogen-bond donors (Lipinski definition) is 2. The number of aliphatic imine (C=N–C) groups is 1. The number of carbonyl (C=O) groups is 1. The minimum atomic E-state index is -0.0500. The van der Waals surface area contributed by atoms with Gasteiger partial charge in [0.05, 0.1) is 23.5 Å². The molecule has 0 saturated heterocycles. The number of amides is 1. The standard InChI is InChI=1S/C33H44N5O/c1-8-38(7)20-31(21(2)3)34-19-23(5)35-24(6)29-17-27(14-12-22(29)4)36-32(39)18-28-15-13-25-10-9-11-26-16-30(26)33(25)37-28/h12-17,19-21,23-24,35H,8-11,18H2,1-7H3,(H,36,39)/b31-20+,34-19?/t23?,24-/m0/s1. The second-order valence-corrected chi connectivity index (χ2v) is 11.3. The van der Waals surface area contributed by atoms with Gasteiger partial charge >= 0.3 is 0 Å². The highest BCUT2D eigenvalue weighted by Crippen LogP contribution is 2.44. The van der Waals surface area contributed by atoms with Crippen molar-refractivity contribution in [1.29, 1.82) is 0 Å². The molecular weight excluding hydrogens is 482 g/mol. The van der Waals surface area contributed by atoms with Gasteiger partial charge in [-0.05, 0) is 93.3 Å². The number of pyridine rings is 1. The van der Waals surface area contributed by atoms with Gasteiger partial charge in [-0.1, -0.05) is 31.6 Å². The van der Waals surface area contributed by atoms with Crippen LogP contribution in [-0.4, -0.2) is 41.6 Å². The number of allylic oxidation sites excluding steroid dienone is 3. The Morgan fingerprint density at radius 2 is 1.95 bits per heavy atom. The summed E-state index contributed by atoms with van der Waals surface area (Å²) < 4.78 is 0. The Hall–Kier alpha value is -3.25. The van der Waals surface area contributed by atoms with E-state index < -0.39 is 0 Å². The summed E-state index contributed by atoms with van der Waals surface area (Å²) in [6.45, 7) is 13.8. The number of benzene rings is 1. The molecule has 4 rings (SSSR count). The third-order valence-corrected chi connectivity index (χ3v) is 7.54. The molecule has 1 unspecified atom stereocenters. The Labute approximate surface area is 234 Å². The van der Waals surface area contributed by atoms with Crippen LogP contribution in [0.2, 0.25) is 0 Å². The first-order valence-electron chi connectivity index (χ1n) is 14.3. The van der Waals surface area contributed by atoms with Crippen LogP contribution >= 0.6 is 0 Å². The number of aromatic nitrogens is 1. The quantitative estimate of drug-likeness (QED) is 0.331. The smallest absolute Gasteiger partial charge is 0.230 e. The Morgan fingerprint density at radius 3 is 2.69 bits per heavy atom. The van der Waals surface area contributed by atoms with E-state index in [9.17, 15) is 4.79 Å². The Morgan fingerprint density at radius 1 is 1.15 bits per heavy atom. The van der Waals surface area contributed by atoms with Crippen LogP contribution in [0.25, 0.3) is 5.57 Å². The molecule has 0 aliphatic heterocycles. The summed E-state index contributed by atoms with van der Waals surface area (Å²) in [7, 11) is 2.07. The Kier molecular flexibility index (Phi) is 9.39. The zero-order valence-corrected chi connectivity index (χ0v) is 24.6. The summed E-state index contributed by atoms with van der Waals surface area (Å²) in [5.74, 6) is 0.302. The predicted octanol–water partition coefficient (Wildman–Crippen LogP) is 6.44. The topological polar surface area (TPSA) is 69.6 Å². The van der Waals surface area contributed by atoms with Crippen molar-refractivity contribution < 1.29 is 4.79 Å². The van der Waals surface area contributed by atoms with Crippen LogP contribution in [0.15, 0.2) is 52.8 Å². The number of fused-ring (bicyclic) bond motifs is 2. The maximum absolute atomic E-state index is 12.9. The van der Waals surface area contributed by atoms with E-state index >= 15 is 0 Å². The summed E-state index contributed by atoms with van der Waals surface area (Å²) >= 11 is 0. The molecule has 2 atom stereocenters. The average Bonchev–Trinajstić information content (AvgIpc) is 3.68. The normalized spacial score (nSPS) is 16.6. The van der Waals surface area contributed by atoms with E-state index in [0.717, 1.165) is 47.7 Å². The number of anilines is 1. The lowest BCUT2D eigenvalue weighted by Crippen LogP contribution is -2.30. The fourth-order valence-electron chi connectivity index (χ4n) is 5.02. The van der Waals surface area contributed by atoms with Gasteiger partial charge in [0.25, 0.3) is 0 Å². The summed E-state index contributed by atoms with van der Waals surface area (Å²) in [6, 6.07) is 10.4. The fourth-order valence-corrected chi connectivity index (χ4v) is 5.02. The van der Waals surface area contributed by atoms with Crippen LogP contribution in [0.4, 0.5) is 5.69 Å². The van der Waals surface area contributed by atoms with Crippen LogP contribution in [0, 0.1) is 19.3 Å². The predicted molar refractivity (Wildman–Crippen MR) is 163 cm³/mol. The molecule has 1 amide bonds. The van der Waals surface area contributed by atoms with E-state index in [2.05, 4.69) is 94.9 Å². The van der Waals surface area contributed by atoms with Gasteiger partial charge in [0.15, 0.2) is 0 Å². The maximum Gasteiger partial charge on any atom is 0.230 e. The molecule has 0 bridgehead atoms. The maximum atomic E-state index is 12.9. The van der Waals surface area contributed by atoms with Crippen molar-refractivity contribution >= 4 is 23.4 Å². The van der Waals surface area contributed by atoms with Crippen LogP contribution in [0.5, 0.6) is 0 Å². The van der Waals surface area contributed by atoms with Crippen LogP contribution in [-0.2, 0) is 17.6 Å². The SMILES string of the molecule is CCN(C)/C=C(/N=CC(C)N[C@@H](C)c1cc(NC(=O)Cc2ccc3c(n2)C2=C([CH]2)CCC3)ccc1C)C(C)C. The van der Waals surface area contributed by atoms with Crippen molar-refractivity contribution in [1.82, 2.24) is 15.2 Å². The lowest BCUT2D eigenvalue weighted by molar-refractivity contribution is -0.115. The molecule has 6 nitrogen and oxygen atoms in total. The highest BCUT2D eigenvalue weighted by Gasteiger charge is 2.29. The van der Waals surface area contributed by atoms with E-state index in [0.29, 0.717) is 5.92 Å². The zero-order valence-electron chi connectivity index (χ0n) is 24.6. The molecule has 0 fully saturated rings. The van der Waals surface area contributed by atoms with Gasteiger partial charge in [-0.2, -0.15) is 0 Å². The van der Waals surface area contributed by atoms with Crippen molar-refractivity contribution in [3.8, 4) is 0 Å². The van der Waals surface area contributed by atoms with Crippen molar-refractivity contribution in [2.75, 3.05) is 18.9 Å². The monoisotopic (exact) mass is 526 g/mol. The first kappa shape index (κ1) is 28.8. The summed E-state index contributed by atoms with van der Waals surface area (Å²) in [5, 5.41) is 6.73. The summed E-state index contributed by atoms with van der Waals surface area (Å²) in [5.41, 5.74) is 10.1. The van der Waals surface area contributed by atoms with Crippen molar-refractivity contribution in [2.24, 2.45) is 10.9 Å². The molecule has 1 heterocycles. The van der Waals surface area contributed by atoms with Gasteiger partial charge in [0.2, 0.25) is 5.91 Å². The number of nitrogens with one attached hydrogen (secondary N) is 2. The molecular formula is C33H44N5O. The van der Waals surface area contributed by atoms with Gasteiger partial charge in [0, 0.05) is 50.2 Å². The lowest BCUT2D eigenvalue weighted by atomic mass is 10.0. The second kappa shape index (κ2) is 12.7. The zero-order chi connectivity index (χ0) is 28.1. The first-order chi connectivity index (χ1) is 18.6. The average molecular weight is 527 g/mol. The number of hydrogen-bond acceptors (Lipinski definition) is 5. The number of aryl methyl sites for hydroxylation is 2. The second-order valence-electron chi connectivity index (χ2n) is 11.3. The molecule has 1 aromatic carbocycles. The van der Waals surface area contributed by atoms with E-state index in [1.165, 1.54) is 28.7 Å². The van der Waals surface area contributed by atoms with Crippen LogP contribution in [0.1, 0.15) is 81.6 Å². The molecule has 2 aliphatic carbocycles. The van der Waals surface area contributed by atoms with Crippen molar-refractivity contribution in [3.05, 3.63) is 82.3 Å². The molecule has 2 aliphatic rings. The molecule has 39 heavy (non-hydrogen) atoms. The van der Waals surface area contributed by atoms with Crippen LogP contribution < -0.4 is 10.6 Å². The van der Waals surface area contributed by atoms with Crippen LogP contribution in [0.3, 0.4) is 0 Å². The Bertz CT molecular complexity index is 1290. The molecule has 2 N–H and O–H groups in total. The molecule has 207 valence electrons. The van der Waals surface area contributed by atoms with E-state index in [1.807, 2.05) is 18.3 Å². The van der Waals surface area contributed by atoms with Gasteiger partial charge in [0.1, 0.15) is 0 Å². The Balaban J connectivity index is 1.38. The highest BCUT2D eigenvalue weighted by atomic mass is 16.1. The number of rotatable bonds is 11. The summed E-state index contributed by atoms with van der Waals surface area (Å²) in [4.78, 5) is 24.7. The molecule has 6 heteroatoms. The lowest BCUT2D eigenvalue weighted by Gasteiger charge is -2.21. The van der Waals surface area contributed by atoms with E-state index in [4.69, 9.17) is 9.98 Å². The molecule has 1 aromatic heterocycles. The number of nitrogens with zero attached hydrogens (tertiary/aromatic N) is 3. The molecule has 0 spiro atoms. The van der Waals surface area contributed by atoms with E-state index in [-0.39, 0.29) is 24.4 Å². The van der Waals surface area contributed by atoms with Gasteiger partial charge in [-0.3, -0.25) is 14.8 Å².